The van der Waals surface area contributed by atoms with E-state index in [4.69, 9.17) is 19.8 Å². The van der Waals surface area contributed by atoms with Gasteiger partial charge < -0.3 is 15.5 Å². The second kappa shape index (κ2) is 9.03. The molecule has 1 aliphatic carbocycles. The Hall–Kier alpha value is -1.10. The molecule has 1 saturated carbocycles. The number of unbranched alkanes of at least 4 members (excludes halogenated alkanes) is 2. The van der Waals surface area contributed by atoms with Crippen LogP contribution in [0.1, 0.15) is 64.7 Å². The van der Waals surface area contributed by atoms with Gasteiger partial charge in [-0.05, 0) is 30.6 Å². The first-order valence-electron chi connectivity index (χ1n) is 8.19. The highest BCUT2D eigenvalue weighted by Gasteiger charge is 2.43. The summed E-state index contributed by atoms with van der Waals surface area (Å²) in [5, 5.41) is 18.3. The number of hydrogen-bond donors (Lipinski definition) is 3. The number of carboxylic acid groups (broad SMARTS) is 2. The van der Waals surface area contributed by atoms with Crippen LogP contribution in [0.2, 0.25) is 0 Å². The third-order valence-electron chi connectivity index (χ3n) is 4.89. The summed E-state index contributed by atoms with van der Waals surface area (Å²) >= 11 is 0. The summed E-state index contributed by atoms with van der Waals surface area (Å²) in [5.74, 6) is -2.59. The van der Waals surface area contributed by atoms with Crippen molar-refractivity contribution in [3.8, 4) is 0 Å². The molecule has 122 valence electrons. The van der Waals surface area contributed by atoms with Crippen molar-refractivity contribution < 1.29 is 19.8 Å². The van der Waals surface area contributed by atoms with Crippen LogP contribution in [0.25, 0.3) is 0 Å². The maximum absolute atomic E-state index is 9.10. The highest BCUT2D eigenvalue weighted by Crippen LogP contribution is 2.44. The van der Waals surface area contributed by atoms with Gasteiger partial charge in [0, 0.05) is 13.1 Å². The number of carboxylic acids is 2. The molecule has 1 aliphatic heterocycles. The van der Waals surface area contributed by atoms with Gasteiger partial charge in [-0.25, -0.2) is 9.59 Å². The van der Waals surface area contributed by atoms with E-state index in [-0.39, 0.29) is 0 Å². The van der Waals surface area contributed by atoms with Crippen LogP contribution in [-0.2, 0) is 9.59 Å². The Kier molecular flexibility index (Phi) is 7.72. The summed E-state index contributed by atoms with van der Waals surface area (Å²) in [5.41, 5.74) is 0.732. The van der Waals surface area contributed by atoms with Gasteiger partial charge in [-0.15, -0.1) is 0 Å². The van der Waals surface area contributed by atoms with Gasteiger partial charge in [0.2, 0.25) is 0 Å². The molecule has 0 bridgehead atoms. The topological polar surface area (TPSA) is 86.6 Å². The Balaban J connectivity index is 0.000000315. The van der Waals surface area contributed by atoms with E-state index in [1.54, 1.807) is 0 Å². The molecule has 1 saturated heterocycles. The van der Waals surface area contributed by atoms with Crippen molar-refractivity contribution in [1.82, 2.24) is 5.32 Å². The van der Waals surface area contributed by atoms with E-state index in [0.29, 0.717) is 0 Å². The highest BCUT2D eigenvalue weighted by molar-refractivity contribution is 6.27. The molecule has 0 atom stereocenters. The molecule has 2 fully saturated rings. The van der Waals surface area contributed by atoms with Gasteiger partial charge in [0.05, 0.1) is 0 Å². The maximum Gasteiger partial charge on any atom is 0.414 e. The van der Waals surface area contributed by atoms with Crippen molar-refractivity contribution in [3.05, 3.63) is 0 Å². The summed E-state index contributed by atoms with van der Waals surface area (Å²) in [4.78, 5) is 18.2. The zero-order valence-corrected chi connectivity index (χ0v) is 13.1. The van der Waals surface area contributed by atoms with Gasteiger partial charge >= 0.3 is 11.9 Å². The molecule has 0 radical (unpaired) electrons. The van der Waals surface area contributed by atoms with Crippen molar-refractivity contribution in [2.75, 3.05) is 13.1 Å². The van der Waals surface area contributed by atoms with Crippen molar-refractivity contribution >= 4 is 11.9 Å². The molecule has 5 nitrogen and oxygen atoms in total. The van der Waals surface area contributed by atoms with E-state index in [0.717, 1.165) is 11.3 Å². The summed E-state index contributed by atoms with van der Waals surface area (Å²) in [6.45, 7) is 4.95. The minimum atomic E-state index is -1.82. The standard InChI is InChI=1S/C14H27N.C2H2O4/c1-2-3-7-10-14(11-15-12-14)13-8-5-4-6-9-13;3-1(4)2(5)6/h13,15H,2-12H2,1H3;(H,3,4)(H,5,6). The average Bonchev–Trinajstić information content (AvgIpc) is 2.43. The van der Waals surface area contributed by atoms with Crippen LogP contribution >= 0.6 is 0 Å². The molecule has 2 aliphatic rings. The van der Waals surface area contributed by atoms with Crippen LogP contribution in [-0.4, -0.2) is 35.2 Å². The molecule has 0 aromatic rings. The molecular formula is C16H29NO4. The molecule has 3 N–H and O–H groups in total. The molecule has 5 heteroatoms. The summed E-state index contributed by atoms with van der Waals surface area (Å²) < 4.78 is 0. The quantitative estimate of drug-likeness (QED) is 0.537. The van der Waals surface area contributed by atoms with Crippen LogP contribution in [0.3, 0.4) is 0 Å². The van der Waals surface area contributed by atoms with Crippen LogP contribution in [0.15, 0.2) is 0 Å². The Morgan fingerprint density at radius 2 is 1.62 bits per heavy atom. The molecule has 0 amide bonds. The molecule has 0 unspecified atom stereocenters. The predicted molar refractivity (Wildman–Crippen MR) is 81.3 cm³/mol. The van der Waals surface area contributed by atoms with E-state index in [2.05, 4.69) is 12.2 Å². The monoisotopic (exact) mass is 299 g/mol. The van der Waals surface area contributed by atoms with E-state index in [1.165, 1.54) is 70.9 Å². The summed E-state index contributed by atoms with van der Waals surface area (Å²) in [7, 11) is 0. The number of carbonyl (C=O) groups is 2. The minimum absolute atomic E-state index is 0.732. The fraction of sp³-hybridized carbons (Fsp3) is 0.875. The smallest absolute Gasteiger partial charge is 0.414 e. The van der Waals surface area contributed by atoms with Gasteiger partial charge in [0.25, 0.3) is 0 Å². The average molecular weight is 299 g/mol. The van der Waals surface area contributed by atoms with Crippen LogP contribution in [0, 0.1) is 11.3 Å². The molecule has 0 aromatic carbocycles. The SMILES string of the molecule is CCCCCC1(C2CCCCC2)CNC1.O=C(O)C(=O)O. The molecular weight excluding hydrogens is 270 g/mol. The Morgan fingerprint density at radius 1 is 1.05 bits per heavy atom. The maximum atomic E-state index is 9.10. The zero-order chi connectivity index (χ0) is 15.7. The molecule has 0 aromatic heterocycles. The van der Waals surface area contributed by atoms with E-state index < -0.39 is 11.9 Å². The third kappa shape index (κ3) is 5.65. The first kappa shape index (κ1) is 18.0. The van der Waals surface area contributed by atoms with Crippen molar-refractivity contribution in [1.29, 1.82) is 0 Å². The summed E-state index contributed by atoms with van der Waals surface area (Å²) in [6.07, 6.45) is 13.3. The van der Waals surface area contributed by atoms with Crippen molar-refractivity contribution in [3.63, 3.8) is 0 Å². The van der Waals surface area contributed by atoms with Crippen molar-refractivity contribution in [2.24, 2.45) is 11.3 Å². The van der Waals surface area contributed by atoms with Gasteiger partial charge in [-0.1, -0.05) is 45.4 Å². The number of aliphatic carboxylic acids is 2. The van der Waals surface area contributed by atoms with Crippen LogP contribution < -0.4 is 5.32 Å². The fourth-order valence-corrected chi connectivity index (χ4v) is 3.56. The first-order valence-corrected chi connectivity index (χ1v) is 8.19. The second-order valence-electron chi connectivity index (χ2n) is 6.37. The Labute approximate surface area is 127 Å². The fourth-order valence-electron chi connectivity index (χ4n) is 3.56. The highest BCUT2D eigenvalue weighted by atomic mass is 16.4. The number of rotatable bonds is 5. The number of nitrogens with one attached hydrogen (secondary N) is 1. The van der Waals surface area contributed by atoms with Gasteiger partial charge in [0.1, 0.15) is 0 Å². The van der Waals surface area contributed by atoms with E-state index in [1.807, 2.05) is 0 Å². The third-order valence-corrected chi connectivity index (χ3v) is 4.89. The van der Waals surface area contributed by atoms with Crippen molar-refractivity contribution in [2.45, 2.75) is 64.7 Å². The first-order chi connectivity index (χ1) is 10.0. The zero-order valence-electron chi connectivity index (χ0n) is 13.1. The predicted octanol–water partition coefficient (Wildman–Crippen LogP) is 2.89. The van der Waals surface area contributed by atoms with Gasteiger partial charge in [-0.3, -0.25) is 0 Å². The normalized spacial score (nSPS) is 20.8. The molecule has 21 heavy (non-hydrogen) atoms. The van der Waals surface area contributed by atoms with Gasteiger partial charge in [0.15, 0.2) is 0 Å². The lowest BCUT2D eigenvalue weighted by atomic mass is 9.63. The lowest BCUT2D eigenvalue weighted by Gasteiger charge is -2.50. The summed E-state index contributed by atoms with van der Waals surface area (Å²) in [6, 6.07) is 0. The molecule has 1 heterocycles. The van der Waals surface area contributed by atoms with Gasteiger partial charge in [-0.2, -0.15) is 0 Å². The number of hydrogen-bond acceptors (Lipinski definition) is 3. The molecule has 2 rings (SSSR count). The minimum Gasteiger partial charge on any atom is -0.473 e. The second-order valence-corrected chi connectivity index (χ2v) is 6.37. The van der Waals surface area contributed by atoms with Crippen LogP contribution in [0.4, 0.5) is 0 Å². The Bertz CT molecular complexity index is 321. The largest absolute Gasteiger partial charge is 0.473 e. The lowest BCUT2D eigenvalue weighted by molar-refractivity contribution is -0.159. The van der Waals surface area contributed by atoms with E-state index in [9.17, 15) is 0 Å². The van der Waals surface area contributed by atoms with E-state index >= 15 is 0 Å². The Morgan fingerprint density at radius 3 is 2.00 bits per heavy atom. The lowest BCUT2D eigenvalue weighted by Crippen LogP contribution is -2.57. The molecule has 0 spiro atoms. The van der Waals surface area contributed by atoms with Crippen LogP contribution in [0.5, 0.6) is 0 Å².